The second-order valence-electron chi connectivity index (χ2n) is 6.31. The van der Waals surface area contributed by atoms with E-state index in [1.807, 2.05) is 18.7 Å². The van der Waals surface area contributed by atoms with E-state index in [4.69, 9.17) is 5.11 Å². The topological polar surface area (TPSA) is 60.9 Å². The second kappa shape index (κ2) is 6.46. The van der Waals surface area contributed by atoms with Crippen LogP contribution in [0.3, 0.4) is 0 Å². The van der Waals surface area contributed by atoms with E-state index >= 15 is 0 Å². The number of carbonyl (C=O) groups is 2. The molecule has 1 N–H and O–H groups in total. The van der Waals surface area contributed by atoms with Crippen molar-refractivity contribution in [2.75, 3.05) is 19.6 Å². The van der Waals surface area contributed by atoms with Crippen molar-refractivity contribution in [3.8, 4) is 0 Å². The summed E-state index contributed by atoms with van der Waals surface area (Å²) in [5, 5.41) is 8.91. The zero-order valence-electron chi connectivity index (χ0n) is 12.5. The van der Waals surface area contributed by atoms with E-state index < -0.39 is 5.97 Å². The first kappa shape index (κ1) is 15.1. The molecule has 2 amide bonds. The fourth-order valence-electron chi connectivity index (χ4n) is 2.63. The van der Waals surface area contributed by atoms with Crippen molar-refractivity contribution >= 4 is 12.0 Å². The molecule has 1 atom stereocenters. The van der Waals surface area contributed by atoms with Crippen LogP contribution in [0.25, 0.3) is 0 Å². The van der Waals surface area contributed by atoms with Crippen molar-refractivity contribution in [3.05, 3.63) is 0 Å². The lowest BCUT2D eigenvalue weighted by Gasteiger charge is -2.33. The van der Waals surface area contributed by atoms with E-state index in [0.29, 0.717) is 18.4 Å². The molecule has 0 aromatic heterocycles. The Morgan fingerprint density at radius 1 is 1.15 bits per heavy atom. The molecule has 2 aliphatic carbocycles. The summed E-state index contributed by atoms with van der Waals surface area (Å²) in [6, 6.07) is -0.217. The minimum Gasteiger partial charge on any atom is -0.481 e. The van der Waals surface area contributed by atoms with Gasteiger partial charge in [0.1, 0.15) is 0 Å². The molecule has 5 nitrogen and oxygen atoms in total. The smallest absolute Gasteiger partial charge is 0.320 e. The predicted octanol–water partition coefficient (Wildman–Crippen LogP) is 2.41. The number of carboxylic acids is 1. The molecule has 2 fully saturated rings. The lowest BCUT2D eigenvalue weighted by Crippen LogP contribution is -2.49. The number of carboxylic acid groups (broad SMARTS) is 1. The molecular weight excluding hydrogens is 256 g/mol. The zero-order valence-corrected chi connectivity index (χ0v) is 12.5. The van der Waals surface area contributed by atoms with Crippen molar-refractivity contribution in [1.82, 2.24) is 9.80 Å². The van der Waals surface area contributed by atoms with Crippen LogP contribution in [0, 0.1) is 11.8 Å². The Kier molecular flexibility index (Phi) is 4.89. The summed E-state index contributed by atoms with van der Waals surface area (Å²) >= 11 is 0. The van der Waals surface area contributed by atoms with Crippen LogP contribution < -0.4 is 0 Å². The van der Waals surface area contributed by atoms with Crippen LogP contribution in [-0.2, 0) is 4.79 Å². The molecule has 2 rings (SSSR count). The largest absolute Gasteiger partial charge is 0.481 e. The van der Waals surface area contributed by atoms with E-state index in [1.54, 1.807) is 4.90 Å². The summed E-state index contributed by atoms with van der Waals surface area (Å²) in [6.07, 6.45) is 4.92. The molecule has 0 heterocycles. The van der Waals surface area contributed by atoms with Crippen LogP contribution in [0.5, 0.6) is 0 Å². The van der Waals surface area contributed by atoms with Crippen LogP contribution in [0.15, 0.2) is 0 Å². The number of carbonyl (C=O) groups excluding carboxylic acids is 1. The summed E-state index contributed by atoms with van der Waals surface area (Å²) in [7, 11) is 0. The number of amides is 2. The SMILES string of the molecule is CCN(C(=O)N(CC1CC1)CC1CC1)C(C)CC(=O)O. The van der Waals surface area contributed by atoms with Crippen LogP contribution in [0.2, 0.25) is 0 Å². The van der Waals surface area contributed by atoms with Gasteiger partial charge < -0.3 is 14.9 Å². The maximum atomic E-state index is 12.7. The van der Waals surface area contributed by atoms with E-state index in [0.717, 1.165) is 13.1 Å². The molecule has 0 spiro atoms. The molecule has 0 saturated heterocycles. The first-order valence-electron chi connectivity index (χ1n) is 7.78. The summed E-state index contributed by atoms with van der Waals surface area (Å²) in [5.74, 6) is 0.497. The highest BCUT2D eigenvalue weighted by Crippen LogP contribution is 2.34. The van der Waals surface area contributed by atoms with Gasteiger partial charge in [-0.25, -0.2) is 4.79 Å². The quantitative estimate of drug-likeness (QED) is 0.743. The monoisotopic (exact) mass is 282 g/mol. The highest BCUT2D eigenvalue weighted by Gasteiger charge is 2.34. The molecule has 0 radical (unpaired) electrons. The molecule has 114 valence electrons. The average molecular weight is 282 g/mol. The summed E-state index contributed by atoms with van der Waals surface area (Å²) < 4.78 is 0. The highest BCUT2D eigenvalue weighted by molar-refractivity contribution is 5.76. The Balaban J connectivity index is 1.95. The summed E-state index contributed by atoms with van der Waals surface area (Å²) in [5.41, 5.74) is 0. The Morgan fingerprint density at radius 3 is 2.00 bits per heavy atom. The Morgan fingerprint density at radius 2 is 1.65 bits per heavy atom. The standard InChI is InChI=1S/C15H26N2O3/c1-3-17(11(2)8-14(18)19)15(20)16(9-12-4-5-12)10-13-6-7-13/h11-13H,3-10H2,1-2H3,(H,18,19). The van der Waals surface area contributed by atoms with Crippen LogP contribution in [0.1, 0.15) is 46.0 Å². The van der Waals surface area contributed by atoms with Crippen molar-refractivity contribution in [2.24, 2.45) is 11.8 Å². The third-order valence-electron chi connectivity index (χ3n) is 4.21. The van der Waals surface area contributed by atoms with Gasteiger partial charge in [-0.1, -0.05) is 0 Å². The van der Waals surface area contributed by atoms with Gasteiger partial charge in [-0.05, 0) is 51.4 Å². The van der Waals surface area contributed by atoms with E-state index in [-0.39, 0.29) is 18.5 Å². The average Bonchev–Trinajstić information content (AvgIpc) is 3.22. The van der Waals surface area contributed by atoms with Gasteiger partial charge >= 0.3 is 12.0 Å². The first-order valence-corrected chi connectivity index (χ1v) is 7.78. The summed E-state index contributed by atoms with van der Waals surface area (Å²) in [4.78, 5) is 27.2. The van der Waals surface area contributed by atoms with Gasteiger partial charge in [-0.15, -0.1) is 0 Å². The fraction of sp³-hybridized carbons (Fsp3) is 0.867. The number of hydrogen-bond donors (Lipinski definition) is 1. The summed E-state index contributed by atoms with van der Waals surface area (Å²) in [6.45, 7) is 6.01. The zero-order chi connectivity index (χ0) is 14.7. The fourth-order valence-corrected chi connectivity index (χ4v) is 2.63. The van der Waals surface area contributed by atoms with Gasteiger partial charge in [0.25, 0.3) is 0 Å². The molecule has 5 heteroatoms. The van der Waals surface area contributed by atoms with E-state index in [2.05, 4.69) is 0 Å². The number of nitrogens with zero attached hydrogens (tertiary/aromatic N) is 2. The van der Waals surface area contributed by atoms with Crippen LogP contribution >= 0.6 is 0 Å². The van der Waals surface area contributed by atoms with Crippen LogP contribution in [0.4, 0.5) is 4.79 Å². The lowest BCUT2D eigenvalue weighted by atomic mass is 10.2. The molecule has 1 unspecified atom stereocenters. The highest BCUT2D eigenvalue weighted by atomic mass is 16.4. The molecule has 2 aliphatic rings. The predicted molar refractivity (Wildman–Crippen MR) is 76.5 cm³/mol. The van der Waals surface area contributed by atoms with Gasteiger partial charge in [0.15, 0.2) is 0 Å². The minimum atomic E-state index is -0.848. The van der Waals surface area contributed by atoms with Gasteiger partial charge in [-0.2, -0.15) is 0 Å². The van der Waals surface area contributed by atoms with E-state index in [1.165, 1.54) is 25.7 Å². The normalized spacial score (nSPS) is 19.5. The van der Waals surface area contributed by atoms with Gasteiger partial charge in [0, 0.05) is 25.7 Å². The molecule has 0 aromatic carbocycles. The number of hydrogen-bond acceptors (Lipinski definition) is 2. The molecule has 20 heavy (non-hydrogen) atoms. The van der Waals surface area contributed by atoms with Gasteiger partial charge in [0.2, 0.25) is 0 Å². The number of urea groups is 1. The Hall–Kier alpha value is -1.26. The number of aliphatic carboxylic acids is 1. The Bertz CT molecular complexity index is 350. The van der Waals surface area contributed by atoms with Crippen molar-refractivity contribution in [2.45, 2.75) is 52.0 Å². The minimum absolute atomic E-state index is 0.0142. The molecule has 2 saturated carbocycles. The Labute approximate surface area is 120 Å². The molecular formula is C15H26N2O3. The van der Waals surface area contributed by atoms with Crippen molar-refractivity contribution < 1.29 is 14.7 Å². The molecule has 0 aromatic rings. The lowest BCUT2D eigenvalue weighted by molar-refractivity contribution is -0.138. The van der Waals surface area contributed by atoms with Gasteiger partial charge in [-0.3, -0.25) is 4.79 Å². The van der Waals surface area contributed by atoms with Crippen LogP contribution in [-0.4, -0.2) is 52.6 Å². The molecule has 0 bridgehead atoms. The maximum Gasteiger partial charge on any atom is 0.320 e. The van der Waals surface area contributed by atoms with E-state index in [9.17, 15) is 9.59 Å². The third-order valence-corrected chi connectivity index (χ3v) is 4.21. The van der Waals surface area contributed by atoms with Gasteiger partial charge in [0.05, 0.1) is 6.42 Å². The maximum absolute atomic E-state index is 12.7. The van der Waals surface area contributed by atoms with Crippen molar-refractivity contribution in [3.63, 3.8) is 0 Å². The third kappa shape index (κ3) is 4.39. The molecule has 0 aliphatic heterocycles. The first-order chi connectivity index (χ1) is 9.51. The van der Waals surface area contributed by atoms with Crippen molar-refractivity contribution in [1.29, 1.82) is 0 Å². The second-order valence-corrected chi connectivity index (χ2v) is 6.31. The number of rotatable bonds is 8.